The van der Waals surface area contributed by atoms with Crippen LogP contribution in [0, 0.1) is 6.92 Å². The molecule has 2 aromatic carbocycles. The Bertz CT molecular complexity index is 1000. The van der Waals surface area contributed by atoms with Gasteiger partial charge in [0, 0.05) is 11.8 Å². The summed E-state index contributed by atoms with van der Waals surface area (Å²) in [6, 6.07) is 12.1. The van der Waals surface area contributed by atoms with Crippen LogP contribution in [-0.4, -0.2) is 48.5 Å². The molecule has 1 saturated heterocycles. The van der Waals surface area contributed by atoms with E-state index in [1.807, 2.05) is 19.1 Å². The van der Waals surface area contributed by atoms with Gasteiger partial charge in [0.25, 0.3) is 11.8 Å². The zero-order chi connectivity index (χ0) is 20.5. The zero-order valence-electron chi connectivity index (χ0n) is 15.9. The topological polar surface area (TPSA) is 104 Å². The predicted octanol–water partition coefficient (Wildman–Crippen LogP) is 1.94. The van der Waals surface area contributed by atoms with Crippen molar-refractivity contribution in [3.63, 3.8) is 0 Å². The minimum atomic E-state index is -0.937. The molecule has 2 atom stereocenters. The van der Waals surface area contributed by atoms with Crippen LogP contribution in [0.1, 0.15) is 5.56 Å². The Hall–Kier alpha value is -3.75. The first-order chi connectivity index (χ1) is 14.0. The molecule has 4 rings (SSSR count). The summed E-state index contributed by atoms with van der Waals surface area (Å²) in [5.74, 6) is -0.660. The molecule has 9 nitrogen and oxygen atoms in total. The van der Waals surface area contributed by atoms with E-state index in [0.29, 0.717) is 17.1 Å². The van der Waals surface area contributed by atoms with Crippen molar-refractivity contribution < 1.29 is 19.1 Å². The summed E-state index contributed by atoms with van der Waals surface area (Å²) >= 11 is 0. The van der Waals surface area contributed by atoms with E-state index < -0.39 is 23.9 Å². The minimum Gasteiger partial charge on any atom is -0.497 e. The summed E-state index contributed by atoms with van der Waals surface area (Å²) < 4.78 is 5.13. The van der Waals surface area contributed by atoms with E-state index in [4.69, 9.17) is 4.74 Å². The number of anilines is 2. The smallest absolute Gasteiger partial charge is 0.263 e. The molecule has 9 heteroatoms. The Kier molecular flexibility index (Phi) is 4.71. The van der Waals surface area contributed by atoms with E-state index in [1.54, 1.807) is 36.4 Å². The van der Waals surface area contributed by atoms with Crippen LogP contribution in [0.25, 0.3) is 0 Å². The highest BCUT2D eigenvalue weighted by molar-refractivity contribution is 6.25. The van der Waals surface area contributed by atoms with Gasteiger partial charge >= 0.3 is 0 Å². The van der Waals surface area contributed by atoms with Gasteiger partial charge in [0.05, 0.1) is 12.8 Å². The van der Waals surface area contributed by atoms with Crippen molar-refractivity contribution in [1.29, 1.82) is 0 Å². The second-order valence-electron chi connectivity index (χ2n) is 6.82. The molecule has 0 bridgehead atoms. The number of amides is 3. The van der Waals surface area contributed by atoms with Crippen molar-refractivity contribution in [2.45, 2.75) is 19.0 Å². The molecular formula is C20H19N5O4. The molecule has 2 unspecified atom stereocenters. The van der Waals surface area contributed by atoms with Gasteiger partial charge in [-0.25, -0.2) is 4.90 Å². The van der Waals surface area contributed by atoms with Gasteiger partial charge in [-0.2, -0.15) is 5.11 Å². The second kappa shape index (κ2) is 7.34. The Balaban J connectivity index is 1.47. The van der Waals surface area contributed by atoms with E-state index in [0.717, 1.165) is 10.5 Å². The van der Waals surface area contributed by atoms with Gasteiger partial charge in [-0.05, 0) is 31.2 Å². The molecule has 1 fully saturated rings. The van der Waals surface area contributed by atoms with Gasteiger partial charge in [0.15, 0.2) is 12.1 Å². The quantitative estimate of drug-likeness (QED) is 0.782. The zero-order valence-corrected chi connectivity index (χ0v) is 15.9. The van der Waals surface area contributed by atoms with Gasteiger partial charge in [-0.1, -0.05) is 29.0 Å². The summed E-state index contributed by atoms with van der Waals surface area (Å²) in [7, 11) is 1.54. The molecule has 0 aromatic heterocycles. The number of methoxy groups -OCH3 is 1. The number of nitrogens with zero attached hydrogens (tertiary/aromatic N) is 4. The standard InChI is InChI=1S/C20H19N5O4/c1-12-6-8-14(9-7-12)25-19(27)17-18(20(25)28)24(23-22-17)11-16(26)21-13-4-3-5-15(10-13)29-2/h3-10,17-18H,11H2,1-2H3,(H,21,26). The van der Waals surface area contributed by atoms with Crippen LogP contribution in [-0.2, 0) is 14.4 Å². The third-order valence-electron chi connectivity index (χ3n) is 4.81. The van der Waals surface area contributed by atoms with Crippen LogP contribution >= 0.6 is 0 Å². The fraction of sp³-hybridized carbons (Fsp3) is 0.250. The lowest BCUT2D eigenvalue weighted by atomic mass is 10.1. The normalized spacial score (nSPS) is 20.2. The highest BCUT2D eigenvalue weighted by Gasteiger charge is 2.55. The molecule has 2 aliphatic rings. The van der Waals surface area contributed by atoms with E-state index in [1.165, 1.54) is 12.1 Å². The third-order valence-corrected chi connectivity index (χ3v) is 4.81. The number of hydrogen-bond acceptors (Lipinski definition) is 7. The van der Waals surface area contributed by atoms with Gasteiger partial charge < -0.3 is 10.1 Å². The lowest BCUT2D eigenvalue weighted by Gasteiger charge is -2.20. The number of nitrogens with one attached hydrogen (secondary N) is 1. The molecule has 0 aliphatic carbocycles. The second-order valence-corrected chi connectivity index (χ2v) is 6.82. The van der Waals surface area contributed by atoms with Crippen molar-refractivity contribution in [1.82, 2.24) is 5.01 Å². The van der Waals surface area contributed by atoms with Gasteiger partial charge in [-0.15, -0.1) is 0 Å². The molecular weight excluding hydrogens is 374 g/mol. The van der Waals surface area contributed by atoms with Crippen LogP contribution in [0.2, 0.25) is 0 Å². The summed E-state index contributed by atoms with van der Waals surface area (Å²) in [6.07, 6.45) is 0. The summed E-state index contributed by atoms with van der Waals surface area (Å²) in [5, 5.41) is 11.8. The van der Waals surface area contributed by atoms with Crippen LogP contribution in [0.3, 0.4) is 0 Å². The predicted molar refractivity (Wildman–Crippen MR) is 104 cm³/mol. The fourth-order valence-electron chi connectivity index (χ4n) is 3.35. The molecule has 0 radical (unpaired) electrons. The average Bonchev–Trinajstić information content (AvgIpc) is 3.23. The molecule has 1 N–H and O–H groups in total. The molecule has 3 amide bonds. The van der Waals surface area contributed by atoms with Crippen molar-refractivity contribution in [2.24, 2.45) is 10.3 Å². The number of hydrogen-bond donors (Lipinski definition) is 1. The molecule has 0 spiro atoms. The van der Waals surface area contributed by atoms with Crippen molar-refractivity contribution >= 4 is 29.1 Å². The highest BCUT2D eigenvalue weighted by atomic mass is 16.5. The van der Waals surface area contributed by atoms with Crippen LogP contribution in [0.4, 0.5) is 11.4 Å². The van der Waals surface area contributed by atoms with Gasteiger partial charge in [-0.3, -0.25) is 19.4 Å². The number of imide groups is 1. The Morgan fingerprint density at radius 3 is 2.62 bits per heavy atom. The largest absolute Gasteiger partial charge is 0.497 e. The Labute approximate surface area is 166 Å². The summed E-state index contributed by atoms with van der Waals surface area (Å²) in [5.41, 5.74) is 2.05. The molecule has 29 heavy (non-hydrogen) atoms. The molecule has 148 valence electrons. The third kappa shape index (κ3) is 3.42. The maximum absolute atomic E-state index is 12.9. The van der Waals surface area contributed by atoms with Crippen LogP contribution in [0.15, 0.2) is 58.9 Å². The number of carbonyl (C=O) groups is 3. The first-order valence-corrected chi connectivity index (χ1v) is 9.04. The summed E-state index contributed by atoms with van der Waals surface area (Å²) in [6.45, 7) is 1.71. The Morgan fingerprint density at radius 1 is 1.14 bits per heavy atom. The number of rotatable bonds is 5. The van der Waals surface area contributed by atoms with Crippen molar-refractivity contribution in [2.75, 3.05) is 23.9 Å². The first kappa shape index (κ1) is 18.6. The summed E-state index contributed by atoms with van der Waals surface area (Å²) in [4.78, 5) is 39.1. The SMILES string of the molecule is COc1cccc(NC(=O)CN2N=NC3C(=O)N(c4ccc(C)cc4)C(=O)C32)c1. The molecule has 2 aromatic rings. The van der Waals surface area contributed by atoms with E-state index >= 15 is 0 Å². The molecule has 2 heterocycles. The van der Waals surface area contributed by atoms with E-state index in [2.05, 4.69) is 15.7 Å². The Morgan fingerprint density at radius 2 is 1.90 bits per heavy atom. The highest BCUT2D eigenvalue weighted by Crippen LogP contribution is 2.31. The van der Waals surface area contributed by atoms with Gasteiger partial charge in [0.1, 0.15) is 12.3 Å². The maximum Gasteiger partial charge on any atom is 0.263 e. The van der Waals surface area contributed by atoms with E-state index in [-0.39, 0.29) is 12.5 Å². The number of benzene rings is 2. The van der Waals surface area contributed by atoms with Crippen molar-refractivity contribution in [3.8, 4) is 5.75 Å². The monoisotopic (exact) mass is 393 g/mol. The average molecular weight is 393 g/mol. The number of aryl methyl sites for hydroxylation is 1. The minimum absolute atomic E-state index is 0.206. The maximum atomic E-state index is 12.9. The van der Waals surface area contributed by atoms with Crippen molar-refractivity contribution in [3.05, 3.63) is 54.1 Å². The molecule has 0 saturated carbocycles. The lowest BCUT2D eigenvalue weighted by Crippen LogP contribution is -2.43. The lowest BCUT2D eigenvalue weighted by molar-refractivity contribution is -0.123. The number of ether oxygens (including phenoxy) is 1. The fourth-order valence-corrected chi connectivity index (χ4v) is 3.35. The van der Waals surface area contributed by atoms with Gasteiger partial charge in [0.2, 0.25) is 5.91 Å². The number of fused-ring (bicyclic) bond motifs is 1. The number of carbonyl (C=O) groups excluding carboxylic acids is 3. The van der Waals surface area contributed by atoms with Crippen LogP contribution < -0.4 is 15.0 Å². The molecule has 2 aliphatic heterocycles. The van der Waals surface area contributed by atoms with Crippen LogP contribution in [0.5, 0.6) is 5.75 Å². The first-order valence-electron chi connectivity index (χ1n) is 9.04. The van der Waals surface area contributed by atoms with E-state index in [9.17, 15) is 14.4 Å².